The second-order valence-corrected chi connectivity index (χ2v) is 10.9. The topological polar surface area (TPSA) is 121 Å². The summed E-state index contributed by atoms with van der Waals surface area (Å²) in [4.78, 5) is 24.6. The van der Waals surface area contributed by atoms with Crippen LogP contribution in [0, 0.1) is 5.82 Å². The molecule has 0 bridgehead atoms. The van der Waals surface area contributed by atoms with E-state index in [1.165, 1.54) is 46.8 Å². The molecule has 0 fully saturated rings. The Morgan fingerprint density at radius 3 is 2.41 bits per heavy atom. The standard InChI is InChI=1S/C21H22FN5O4S3/c1-3-27(4-2)34(30,31)17-10-8-14(9-11-17)19(29)24-20-25-26-21(33-20)32-13-18(28)23-16-7-5-6-15(22)12-16/h5-12H,3-4,13H2,1-2H3,(H,23,28)(H,24,25,29). The molecular weight excluding hydrogens is 501 g/mol. The SMILES string of the molecule is CCN(CC)S(=O)(=O)c1ccc(C(=O)Nc2nnc(SCC(=O)Nc3cccc(F)c3)s2)cc1. The van der Waals surface area contributed by atoms with Crippen LogP contribution in [-0.2, 0) is 14.8 Å². The van der Waals surface area contributed by atoms with Gasteiger partial charge in [0.1, 0.15) is 5.82 Å². The number of amides is 2. The first kappa shape index (κ1) is 25.7. The lowest BCUT2D eigenvalue weighted by Gasteiger charge is -2.18. The van der Waals surface area contributed by atoms with E-state index in [0.717, 1.165) is 23.1 Å². The van der Waals surface area contributed by atoms with Gasteiger partial charge in [0, 0.05) is 24.3 Å². The molecule has 2 amide bonds. The lowest BCUT2D eigenvalue weighted by molar-refractivity contribution is -0.113. The molecule has 2 aromatic carbocycles. The van der Waals surface area contributed by atoms with Crippen molar-refractivity contribution in [3.05, 3.63) is 59.9 Å². The summed E-state index contributed by atoms with van der Waals surface area (Å²) in [6, 6.07) is 11.2. The monoisotopic (exact) mass is 523 g/mol. The largest absolute Gasteiger partial charge is 0.325 e. The first-order chi connectivity index (χ1) is 16.2. The maximum atomic E-state index is 13.2. The van der Waals surface area contributed by atoms with Crippen LogP contribution in [0.5, 0.6) is 0 Å². The van der Waals surface area contributed by atoms with Crippen LogP contribution in [0.2, 0.25) is 0 Å². The maximum absolute atomic E-state index is 13.2. The Balaban J connectivity index is 1.55. The van der Waals surface area contributed by atoms with Gasteiger partial charge in [-0.2, -0.15) is 4.31 Å². The molecule has 0 atom stereocenters. The molecule has 2 N–H and O–H groups in total. The van der Waals surface area contributed by atoms with Gasteiger partial charge in [0.2, 0.25) is 21.1 Å². The van der Waals surface area contributed by atoms with Crippen molar-refractivity contribution in [2.45, 2.75) is 23.1 Å². The number of hydrogen-bond donors (Lipinski definition) is 2. The van der Waals surface area contributed by atoms with E-state index >= 15 is 0 Å². The highest BCUT2D eigenvalue weighted by Gasteiger charge is 2.22. The number of carbonyl (C=O) groups excluding carboxylic acids is 2. The molecule has 0 aliphatic heterocycles. The van der Waals surface area contributed by atoms with Gasteiger partial charge in [0.15, 0.2) is 4.34 Å². The van der Waals surface area contributed by atoms with Gasteiger partial charge in [0.05, 0.1) is 10.6 Å². The Kier molecular flexibility index (Phi) is 8.72. The molecule has 3 aromatic rings. The third-order valence-corrected chi connectivity index (χ3v) is 8.56. The van der Waals surface area contributed by atoms with Gasteiger partial charge in [-0.3, -0.25) is 14.9 Å². The number of thioether (sulfide) groups is 1. The summed E-state index contributed by atoms with van der Waals surface area (Å²) < 4.78 is 40.1. The lowest BCUT2D eigenvalue weighted by atomic mass is 10.2. The summed E-state index contributed by atoms with van der Waals surface area (Å²) in [6.45, 7) is 4.22. The van der Waals surface area contributed by atoms with E-state index < -0.39 is 21.7 Å². The Labute approximate surface area is 204 Å². The van der Waals surface area contributed by atoms with Crippen molar-refractivity contribution in [3.63, 3.8) is 0 Å². The van der Waals surface area contributed by atoms with Crippen LogP contribution < -0.4 is 10.6 Å². The molecule has 34 heavy (non-hydrogen) atoms. The van der Waals surface area contributed by atoms with Crippen LogP contribution in [-0.4, -0.2) is 53.6 Å². The zero-order valence-electron chi connectivity index (χ0n) is 18.3. The number of aromatic nitrogens is 2. The lowest BCUT2D eigenvalue weighted by Crippen LogP contribution is -2.30. The van der Waals surface area contributed by atoms with E-state index in [1.54, 1.807) is 19.9 Å². The number of carbonyl (C=O) groups is 2. The Hall–Kier alpha value is -2.87. The second kappa shape index (κ2) is 11.5. The molecule has 0 saturated heterocycles. The molecule has 0 unspecified atom stereocenters. The van der Waals surface area contributed by atoms with Crippen LogP contribution in [0.4, 0.5) is 15.2 Å². The number of nitrogens with one attached hydrogen (secondary N) is 2. The highest BCUT2D eigenvalue weighted by molar-refractivity contribution is 8.01. The van der Waals surface area contributed by atoms with Gasteiger partial charge in [-0.05, 0) is 42.5 Å². The van der Waals surface area contributed by atoms with Gasteiger partial charge >= 0.3 is 0 Å². The fourth-order valence-corrected chi connectivity index (χ4v) is 5.87. The van der Waals surface area contributed by atoms with Crippen molar-refractivity contribution < 1.29 is 22.4 Å². The number of anilines is 2. The maximum Gasteiger partial charge on any atom is 0.257 e. The van der Waals surface area contributed by atoms with Crippen molar-refractivity contribution >= 4 is 55.8 Å². The molecule has 1 aromatic heterocycles. The fourth-order valence-electron chi connectivity index (χ4n) is 2.87. The zero-order valence-corrected chi connectivity index (χ0v) is 20.8. The minimum atomic E-state index is -3.61. The summed E-state index contributed by atoms with van der Waals surface area (Å²) >= 11 is 2.21. The number of sulfonamides is 1. The third-order valence-electron chi connectivity index (χ3n) is 4.52. The highest BCUT2D eigenvalue weighted by atomic mass is 32.2. The molecule has 0 spiro atoms. The molecular formula is C21H22FN5O4S3. The molecule has 0 radical (unpaired) electrons. The van der Waals surface area contributed by atoms with Crippen LogP contribution >= 0.6 is 23.1 Å². The van der Waals surface area contributed by atoms with E-state index in [9.17, 15) is 22.4 Å². The van der Waals surface area contributed by atoms with E-state index in [-0.39, 0.29) is 27.3 Å². The van der Waals surface area contributed by atoms with Crippen LogP contribution in [0.25, 0.3) is 0 Å². The Morgan fingerprint density at radius 1 is 1.06 bits per heavy atom. The predicted molar refractivity (Wildman–Crippen MR) is 130 cm³/mol. The molecule has 0 aliphatic rings. The fraction of sp³-hybridized carbons (Fsp3) is 0.238. The minimum Gasteiger partial charge on any atom is -0.325 e. The Bertz CT molecular complexity index is 1260. The Morgan fingerprint density at radius 2 is 1.76 bits per heavy atom. The number of halogens is 1. The normalized spacial score (nSPS) is 11.4. The van der Waals surface area contributed by atoms with Crippen molar-refractivity contribution in [3.8, 4) is 0 Å². The van der Waals surface area contributed by atoms with Gasteiger partial charge in [-0.25, -0.2) is 12.8 Å². The third kappa shape index (κ3) is 6.59. The average Bonchev–Trinajstić information content (AvgIpc) is 3.25. The molecule has 0 aliphatic carbocycles. The van der Waals surface area contributed by atoms with Crippen molar-refractivity contribution in [1.82, 2.24) is 14.5 Å². The van der Waals surface area contributed by atoms with Gasteiger partial charge in [-0.1, -0.05) is 43.0 Å². The predicted octanol–water partition coefficient (Wildman–Crippen LogP) is 3.69. The molecule has 1 heterocycles. The average molecular weight is 524 g/mol. The number of rotatable bonds is 10. The van der Waals surface area contributed by atoms with Crippen LogP contribution in [0.15, 0.2) is 57.8 Å². The van der Waals surface area contributed by atoms with E-state index in [2.05, 4.69) is 20.8 Å². The van der Waals surface area contributed by atoms with E-state index in [4.69, 9.17) is 0 Å². The summed E-state index contributed by atoms with van der Waals surface area (Å²) in [5.41, 5.74) is 0.615. The van der Waals surface area contributed by atoms with Crippen molar-refractivity contribution in [2.24, 2.45) is 0 Å². The first-order valence-corrected chi connectivity index (χ1v) is 13.4. The van der Waals surface area contributed by atoms with Crippen molar-refractivity contribution in [2.75, 3.05) is 29.5 Å². The zero-order chi connectivity index (χ0) is 24.7. The quantitative estimate of drug-likeness (QED) is 0.307. The molecule has 9 nitrogen and oxygen atoms in total. The van der Waals surface area contributed by atoms with E-state index in [1.807, 2.05) is 0 Å². The number of hydrogen-bond acceptors (Lipinski definition) is 8. The summed E-state index contributed by atoms with van der Waals surface area (Å²) in [7, 11) is -3.61. The van der Waals surface area contributed by atoms with Crippen LogP contribution in [0.3, 0.4) is 0 Å². The van der Waals surface area contributed by atoms with Crippen molar-refractivity contribution in [1.29, 1.82) is 0 Å². The van der Waals surface area contributed by atoms with Gasteiger partial charge in [-0.15, -0.1) is 10.2 Å². The van der Waals surface area contributed by atoms with Gasteiger partial charge < -0.3 is 5.32 Å². The summed E-state index contributed by atoms with van der Waals surface area (Å²) in [6.07, 6.45) is 0. The smallest absolute Gasteiger partial charge is 0.257 e. The molecule has 0 saturated carbocycles. The van der Waals surface area contributed by atoms with Gasteiger partial charge in [0.25, 0.3) is 5.91 Å². The second-order valence-electron chi connectivity index (χ2n) is 6.79. The molecule has 13 heteroatoms. The van der Waals surface area contributed by atoms with E-state index in [0.29, 0.717) is 23.1 Å². The highest BCUT2D eigenvalue weighted by Crippen LogP contribution is 2.26. The first-order valence-electron chi connectivity index (χ1n) is 10.2. The van der Waals surface area contributed by atoms with Crippen LogP contribution in [0.1, 0.15) is 24.2 Å². The number of nitrogens with zero attached hydrogens (tertiary/aromatic N) is 3. The molecule has 3 rings (SSSR count). The summed E-state index contributed by atoms with van der Waals surface area (Å²) in [5.74, 6) is -1.23. The summed E-state index contributed by atoms with van der Waals surface area (Å²) in [5, 5.41) is 13.2. The molecule has 180 valence electrons. The number of benzene rings is 2. The minimum absolute atomic E-state index is 0.0293.